The first kappa shape index (κ1) is 13.6. The summed E-state index contributed by atoms with van der Waals surface area (Å²) >= 11 is 5.49. The molecular formula is C11H20ClNO3. The van der Waals surface area contributed by atoms with E-state index in [0.29, 0.717) is 25.0 Å². The van der Waals surface area contributed by atoms with Crippen LogP contribution in [0.5, 0.6) is 0 Å². The van der Waals surface area contributed by atoms with Crippen molar-refractivity contribution in [2.75, 3.05) is 32.2 Å². The van der Waals surface area contributed by atoms with Gasteiger partial charge in [-0.3, -0.25) is 0 Å². The number of likely N-dealkylation sites (tertiary alicyclic amines) is 1. The Morgan fingerprint density at radius 3 is 2.56 bits per heavy atom. The molecule has 94 valence electrons. The van der Waals surface area contributed by atoms with E-state index in [0.717, 1.165) is 13.1 Å². The molecule has 0 spiro atoms. The number of alkyl halides is 1. The minimum absolute atomic E-state index is 0.235. The van der Waals surface area contributed by atoms with Gasteiger partial charge in [0.05, 0.1) is 13.2 Å². The second kappa shape index (κ2) is 5.73. The highest BCUT2D eigenvalue weighted by Gasteiger charge is 2.33. The van der Waals surface area contributed by atoms with Crippen molar-refractivity contribution in [2.45, 2.75) is 26.4 Å². The maximum absolute atomic E-state index is 11.6. The Balaban J connectivity index is 2.13. The van der Waals surface area contributed by atoms with Crippen molar-refractivity contribution in [3.05, 3.63) is 0 Å². The summed E-state index contributed by atoms with van der Waals surface area (Å²) in [6.45, 7) is 8.29. The number of carbonyl (C=O) groups is 1. The molecule has 0 radical (unpaired) electrons. The molecule has 0 aliphatic carbocycles. The van der Waals surface area contributed by atoms with E-state index in [1.165, 1.54) is 0 Å². The van der Waals surface area contributed by atoms with Crippen LogP contribution >= 0.6 is 11.6 Å². The summed E-state index contributed by atoms with van der Waals surface area (Å²) in [6, 6.07) is 0. The van der Waals surface area contributed by atoms with Crippen LogP contribution in [-0.4, -0.2) is 48.8 Å². The molecule has 5 heteroatoms. The number of amides is 1. The van der Waals surface area contributed by atoms with Gasteiger partial charge >= 0.3 is 6.09 Å². The first-order valence-corrected chi connectivity index (χ1v) is 6.07. The van der Waals surface area contributed by atoms with Gasteiger partial charge in [-0.15, -0.1) is 11.6 Å². The predicted octanol–water partition coefficient (Wildman–Crippen LogP) is 2.11. The van der Waals surface area contributed by atoms with Crippen molar-refractivity contribution < 1.29 is 14.3 Å². The number of rotatable bonds is 4. The number of carbonyl (C=O) groups excluding carboxylic acids is 1. The highest BCUT2D eigenvalue weighted by Crippen LogP contribution is 2.19. The zero-order chi connectivity index (χ0) is 12.2. The summed E-state index contributed by atoms with van der Waals surface area (Å²) in [5, 5.41) is 0. The highest BCUT2D eigenvalue weighted by molar-refractivity contribution is 6.17. The van der Waals surface area contributed by atoms with Crippen LogP contribution in [0.1, 0.15) is 20.8 Å². The zero-order valence-electron chi connectivity index (χ0n) is 10.2. The standard InChI is InChI=1S/C11H20ClNO3/c1-11(2,3)16-10(14)13-6-9(7-13)8-15-5-4-12/h9H,4-8H2,1-3H3. The Kier molecular flexibility index (Phi) is 4.87. The Labute approximate surface area is 102 Å². The summed E-state index contributed by atoms with van der Waals surface area (Å²) in [4.78, 5) is 13.3. The van der Waals surface area contributed by atoms with E-state index in [1.807, 2.05) is 20.8 Å². The zero-order valence-corrected chi connectivity index (χ0v) is 10.9. The van der Waals surface area contributed by atoms with E-state index in [1.54, 1.807) is 4.90 Å². The van der Waals surface area contributed by atoms with Gasteiger partial charge in [-0.25, -0.2) is 4.79 Å². The van der Waals surface area contributed by atoms with Gasteiger partial charge in [-0.2, -0.15) is 0 Å². The van der Waals surface area contributed by atoms with Crippen LogP contribution in [0.2, 0.25) is 0 Å². The van der Waals surface area contributed by atoms with Crippen LogP contribution < -0.4 is 0 Å². The molecule has 1 rings (SSSR count). The molecule has 4 nitrogen and oxygen atoms in total. The van der Waals surface area contributed by atoms with E-state index in [9.17, 15) is 4.79 Å². The molecule has 1 heterocycles. The molecule has 16 heavy (non-hydrogen) atoms. The Morgan fingerprint density at radius 1 is 1.44 bits per heavy atom. The fourth-order valence-electron chi connectivity index (χ4n) is 1.46. The smallest absolute Gasteiger partial charge is 0.410 e. The predicted molar refractivity (Wildman–Crippen MR) is 62.8 cm³/mol. The second-order valence-electron chi connectivity index (χ2n) is 5.02. The van der Waals surface area contributed by atoms with Crippen LogP contribution in [0.4, 0.5) is 4.79 Å². The number of hydrogen-bond acceptors (Lipinski definition) is 3. The lowest BCUT2D eigenvalue weighted by molar-refractivity contribution is -0.0186. The van der Waals surface area contributed by atoms with Crippen LogP contribution in [0.25, 0.3) is 0 Å². The van der Waals surface area contributed by atoms with Crippen LogP contribution in [-0.2, 0) is 9.47 Å². The van der Waals surface area contributed by atoms with Gasteiger partial charge in [0.2, 0.25) is 0 Å². The molecule has 1 saturated heterocycles. The lowest BCUT2D eigenvalue weighted by atomic mass is 10.0. The molecule has 0 unspecified atom stereocenters. The van der Waals surface area contributed by atoms with Crippen LogP contribution in [0.15, 0.2) is 0 Å². The molecule has 1 amide bonds. The van der Waals surface area contributed by atoms with Crippen molar-refractivity contribution in [1.82, 2.24) is 4.90 Å². The van der Waals surface area contributed by atoms with Crippen molar-refractivity contribution in [1.29, 1.82) is 0 Å². The van der Waals surface area contributed by atoms with Gasteiger partial charge in [-0.05, 0) is 20.8 Å². The third-order valence-electron chi connectivity index (χ3n) is 2.18. The minimum atomic E-state index is -0.419. The second-order valence-corrected chi connectivity index (χ2v) is 5.39. The molecular weight excluding hydrogens is 230 g/mol. The van der Waals surface area contributed by atoms with Crippen molar-refractivity contribution >= 4 is 17.7 Å². The minimum Gasteiger partial charge on any atom is -0.444 e. The summed E-state index contributed by atoms with van der Waals surface area (Å²) in [5.41, 5.74) is -0.419. The Hall–Kier alpha value is -0.480. The molecule has 0 atom stereocenters. The topological polar surface area (TPSA) is 38.8 Å². The molecule has 0 aromatic heterocycles. The Bertz CT molecular complexity index is 234. The number of nitrogens with zero attached hydrogens (tertiary/aromatic N) is 1. The lowest BCUT2D eigenvalue weighted by Gasteiger charge is -2.39. The van der Waals surface area contributed by atoms with Gasteiger partial charge in [0.1, 0.15) is 5.60 Å². The average Bonchev–Trinajstić information content (AvgIpc) is 2.05. The van der Waals surface area contributed by atoms with E-state index in [4.69, 9.17) is 21.1 Å². The molecule has 1 fully saturated rings. The third-order valence-corrected chi connectivity index (χ3v) is 2.34. The van der Waals surface area contributed by atoms with Gasteiger partial charge in [-0.1, -0.05) is 0 Å². The van der Waals surface area contributed by atoms with E-state index in [-0.39, 0.29) is 6.09 Å². The largest absolute Gasteiger partial charge is 0.444 e. The molecule has 0 aromatic rings. The third kappa shape index (κ3) is 4.58. The SMILES string of the molecule is CC(C)(C)OC(=O)N1CC(COCCCl)C1. The molecule has 0 N–H and O–H groups in total. The lowest BCUT2D eigenvalue weighted by Crippen LogP contribution is -2.53. The van der Waals surface area contributed by atoms with Crippen molar-refractivity contribution in [3.63, 3.8) is 0 Å². The normalized spacial score (nSPS) is 17.1. The first-order chi connectivity index (χ1) is 7.42. The summed E-state index contributed by atoms with van der Waals surface area (Å²) in [6.07, 6.45) is -0.235. The van der Waals surface area contributed by atoms with Crippen molar-refractivity contribution in [2.24, 2.45) is 5.92 Å². The van der Waals surface area contributed by atoms with E-state index in [2.05, 4.69) is 0 Å². The monoisotopic (exact) mass is 249 g/mol. The average molecular weight is 250 g/mol. The highest BCUT2D eigenvalue weighted by atomic mass is 35.5. The van der Waals surface area contributed by atoms with Gasteiger partial charge in [0.15, 0.2) is 0 Å². The fourth-order valence-corrected chi connectivity index (χ4v) is 1.56. The van der Waals surface area contributed by atoms with Crippen LogP contribution in [0.3, 0.4) is 0 Å². The molecule has 0 saturated carbocycles. The van der Waals surface area contributed by atoms with Gasteiger partial charge in [0.25, 0.3) is 0 Å². The number of ether oxygens (including phenoxy) is 2. The summed E-state index contributed by atoms with van der Waals surface area (Å²) < 4.78 is 10.5. The number of hydrogen-bond donors (Lipinski definition) is 0. The van der Waals surface area contributed by atoms with Crippen LogP contribution in [0, 0.1) is 5.92 Å². The van der Waals surface area contributed by atoms with Gasteiger partial charge < -0.3 is 14.4 Å². The fraction of sp³-hybridized carbons (Fsp3) is 0.909. The Morgan fingerprint density at radius 2 is 2.06 bits per heavy atom. The van der Waals surface area contributed by atoms with Gasteiger partial charge in [0, 0.05) is 24.9 Å². The van der Waals surface area contributed by atoms with Crippen molar-refractivity contribution in [3.8, 4) is 0 Å². The maximum Gasteiger partial charge on any atom is 0.410 e. The molecule has 1 aliphatic heterocycles. The quantitative estimate of drug-likeness (QED) is 0.566. The summed E-state index contributed by atoms with van der Waals surface area (Å²) in [7, 11) is 0. The first-order valence-electron chi connectivity index (χ1n) is 5.54. The van der Waals surface area contributed by atoms with E-state index < -0.39 is 5.60 Å². The maximum atomic E-state index is 11.6. The van der Waals surface area contributed by atoms with E-state index >= 15 is 0 Å². The number of halogens is 1. The molecule has 1 aliphatic rings. The molecule has 0 bridgehead atoms. The summed E-state index contributed by atoms with van der Waals surface area (Å²) in [5.74, 6) is 0.943. The molecule has 0 aromatic carbocycles.